The van der Waals surface area contributed by atoms with Crippen molar-refractivity contribution in [3.63, 3.8) is 0 Å². The lowest BCUT2D eigenvalue weighted by atomic mass is 9.81. The van der Waals surface area contributed by atoms with Crippen molar-refractivity contribution in [3.8, 4) is 28.1 Å². The monoisotopic (exact) mass is 631 g/mol. The third kappa shape index (κ3) is 7.63. The molecule has 3 fully saturated rings. The van der Waals surface area contributed by atoms with Crippen LogP contribution in [0.25, 0.3) is 22.4 Å². The Morgan fingerprint density at radius 3 is 2.43 bits per heavy atom. The van der Waals surface area contributed by atoms with E-state index >= 15 is 0 Å². The Hall–Kier alpha value is -3.70. The average molecular weight is 632 g/mol. The molecule has 3 N–H and O–H groups in total. The fourth-order valence-corrected chi connectivity index (χ4v) is 7.06. The number of benzene rings is 1. The zero-order chi connectivity index (χ0) is 32.4. The molecule has 3 aromatic rings. The van der Waals surface area contributed by atoms with Crippen LogP contribution in [0.4, 0.5) is 10.6 Å². The molecule has 2 saturated heterocycles. The minimum atomic E-state index is -0.460. The Balaban J connectivity index is 0.928. The number of carbonyl (C=O) groups excluding carboxylic acids is 1. The van der Waals surface area contributed by atoms with Crippen LogP contribution >= 0.6 is 0 Å². The molecule has 1 unspecified atom stereocenters. The molecule has 0 spiro atoms. The van der Waals surface area contributed by atoms with Gasteiger partial charge in [-0.15, -0.1) is 10.2 Å². The summed E-state index contributed by atoms with van der Waals surface area (Å²) >= 11 is 0. The minimum Gasteiger partial charge on any atom is -0.507 e. The molecule has 1 saturated carbocycles. The molecular weight excluding hydrogens is 582 g/mol. The number of nitrogens with two attached hydrogens (primary N) is 1. The molecule has 1 amide bonds. The number of aromatic hydroxyl groups is 1. The molecule has 2 aromatic heterocycles. The van der Waals surface area contributed by atoms with E-state index in [4.69, 9.17) is 20.3 Å². The van der Waals surface area contributed by atoms with Gasteiger partial charge >= 0.3 is 6.09 Å². The molecule has 46 heavy (non-hydrogen) atoms. The fraction of sp³-hybridized carbons (Fsp3) is 0.600. The molecule has 1 aromatic carbocycles. The summed E-state index contributed by atoms with van der Waals surface area (Å²) in [4.78, 5) is 16.8. The third-order valence-electron chi connectivity index (χ3n) is 9.83. The smallest absolute Gasteiger partial charge is 0.410 e. The van der Waals surface area contributed by atoms with E-state index in [-0.39, 0.29) is 24.0 Å². The lowest BCUT2D eigenvalue weighted by Crippen LogP contribution is -2.47. The van der Waals surface area contributed by atoms with Crippen molar-refractivity contribution in [2.45, 2.75) is 90.1 Å². The van der Waals surface area contributed by atoms with Crippen LogP contribution in [-0.4, -0.2) is 91.5 Å². The standard InChI is InChI=1S/C35H49N7O4/c1-23(42-22-26(20-37-42)30-19-31(38-39-33(30)36)29-7-5-6-8-32(29)43)25-9-13-40(14-10-25)21-24-17-28(18-24)45-27-11-15-41(16-12-27)34(44)46-35(2,3)4/h5-8,19-20,22-25,27-28,43H,9-18,21H2,1-4H3,(H2,36,39). The van der Waals surface area contributed by atoms with Gasteiger partial charge < -0.3 is 30.1 Å². The lowest BCUT2D eigenvalue weighted by molar-refractivity contribution is -0.0983. The largest absolute Gasteiger partial charge is 0.507 e. The number of carbonyl (C=O) groups is 1. The summed E-state index contributed by atoms with van der Waals surface area (Å²) in [6.07, 6.45) is 10.6. The summed E-state index contributed by atoms with van der Waals surface area (Å²) in [5.41, 5.74) is 8.60. The van der Waals surface area contributed by atoms with Crippen LogP contribution in [0.3, 0.4) is 0 Å². The van der Waals surface area contributed by atoms with Crippen LogP contribution in [0.2, 0.25) is 0 Å². The number of nitrogen functional groups attached to an aromatic ring is 1. The average Bonchev–Trinajstić information content (AvgIpc) is 3.50. The molecule has 0 radical (unpaired) electrons. The summed E-state index contributed by atoms with van der Waals surface area (Å²) in [7, 11) is 0. The topological polar surface area (TPSA) is 132 Å². The number of hydrogen-bond donors (Lipinski definition) is 2. The van der Waals surface area contributed by atoms with Gasteiger partial charge in [-0.1, -0.05) is 12.1 Å². The predicted octanol–water partition coefficient (Wildman–Crippen LogP) is 5.76. The van der Waals surface area contributed by atoms with E-state index in [0.717, 1.165) is 69.3 Å². The maximum atomic E-state index is 12.3. The number of piperidine rings is 2. The highest BCUT2D eigenvalue weighted by molar-refractivity contribution is 5.78. The van der Waals surface area contributed by atoms with Gasteiger partial charge in [0, 0.05) is 42.5 Å². The van der Waals surface area contributed by atoms with Crippen molar-refractivity contribution >= 4 is 11.9 Å². The van der Waals surface area contributed by atoms with Gasteiger partial charge in [0.25, 0.3) is 0 Å². The van der Waals surface area contributed by atoms with Crippen molar-refractivity contribution < 1.29 is 19.4 Å². The maximum absolute atomic E-state index is 12.3. The summed E-state index contributed by atoms with van der Waals surface area (Å²) in [6, 6.07) is 9.23. The van der Waals surface area contributed by atoms with Gasteiger partial charge in [-0.2, -0.15) is 5.10 Å². The molecule has 248 valence electrons. The molecule has 4 heterocycles. The number of para-hydroxylation sites is 1. The minimum absolute atomic E-state index is 0.155. The fourth-order valence-electron chi connectivity index (χ4n) is 7.06. The number of phenolic OH excluding ortho intramolecular Hbond substituents is 1. The molecule has 2 aliphatic heterocycles. The Labute approximate surface area is 272 Å². The summed E-state index contributed by atoms with van der Waals surface area (Å²) in [5, 5.41) is 23.4. The molecule has 11 heteroatoms. The van der Waals surface area contributed by atoms with Crippen molar-refractivity contribution in [2.75, 3.05) is 38.5 Å². The van der Waals surface area contributed by atoms with Gasteiger partial charge in [0.2, 0.25) is 0 Å². The number of aromatic nitrogens is 4. The Morgan fingerprint density at radius 2 is 1.74 bits per heavy atom. The van der Waals surface area contributed by atoms with Crippen molar-refractivity contribution in [3.05, 3.63) is 42.7 Å². The molecule has 6 rings (SSSR count). The zero-order valence-electron chi connectivity index (χ0n) is 27.6. The van der Waals surface area contributed by atoms with Gasteiger partial charge in [-0.3, -0.25) is 4.68 Å². The highest BCUT2D eigenvalue weighted by Gasteiger charge is 2.36. The number of likely N-dealkylation sites (tertiary alicyclic amines) is 2. The van der Waals surface area contributed by atoms with Gasteiger partial charge in [-0.05, 0) is 109 Å². The second-order valence-electron chi connectivity index (χ2n) is 14.4. The van der Waals surface area contributed by atoms with Crippen LogP contribution in [-0.2, 0) is 9.47 Å². The van der Waals surface area contributed by atoms with Gasteiger partial charge in [0.05, 0.1) is 30.1 Å². The number of rotatable bonds is 8. The Morgan fingerprint density at radius 1 is 1.02 bits per heavy atom. The van der Waals surface area contributed by atoms with Crippen molar-refractivity contribution in [1.29, 1.82) is 0 Å². The van der Waals surface area contributed by atoms with Crippen LogP contribution < -0.4 is 5.73 Å². The van der Waals surface area contributed by atoms with Crippen LogP contribution in [0.15, 0.2) is 42.7 Å². The van der Waals surface area contributed by atoms with E-state index in [1.165, 1.54) is 0 Å². The number of amides is 1. The summed E-state index contributed by atoms with van der Waals surface area (Å²) < 4.78 is 14.0. The third-order valence-corrected chi connectivity index (χ3v) is 9.83. The first-order valence-corrected chi connectivity index (χ1v) is 16.8. The second-order valence-corrected chi connectivity index (χ2v) is 14.4. The van der Waals surface area contributed by atoms with Crippen LogP contribution in [0, 0.1) is 11.8 Å². The number of anilines is 1. The van der Waals surface area contributed by atoms with E-state index < -0.39 is 5.60 Å². The first kappa shape index (κ1) is 32.2. The highest BCUT2D eigenvalue weighted by atomic mass is 16.6. The van der Waals surface area contributed by atoms with Crippen LogP contribution in [0.5, 0.6) is 5.75 Å². The maximum Gasteiger partial charge on any atom is 0.410 e. The number of ether oxygens (including phenoxy) is 2. The molecule has 0 bridgehead atoms. The van der Waals surface area contributed by atoms with E-state index in [2.05, 4.69) is 32.9 Å². The van der Waals surface area contributed by atoms with E-state index in [0.29, 0.717) is 48.1 Å². The molecule has 11 nitrogen and oxygen atoms in total. The summed E-state index contributed by atoms with van der Waals surface area (Å²) in [6.45, 7) is 12.8. The first-order chi connectivity index (χ1) is 22.0. The highest BCUT2D eigenvalue weighted by Crippen LogP contribution is 2.36. The predicted molar refractivity (Wildman–Crippen MR) is 177 cm³/mol. The zero-order valence-corrected chi connectivity index (χ0v) is 27.6. The normalized spacial score (nSPS) is 22.4. The summed E-state index contributed by atoms with van der Waals surface area (Å²) in [5.74, 6) is 1.75. The SMILES string of the molecule is CC(C1CCN(CC2CC(OC3CCN(C(=O)OC(C)(C)C)CC3)C2)CC1)n1cc(-c2cc(-c3ccccc3O)nnc2N)cn1. The second kappa shape index (κ2) is 13.6. The van der Waals surface area contributed by atoms with Gasteiger partial charge in [0.15, 0.2) is 5.82 Å². The van der Waals surface area contributed by atoms with E-state index in [1.54, 1.807) is 12.1 Å². The molecule has 3 aliphatic rings. The van der Waals surface area contributed by atoms with E-state index in [1.807, 2.05) is 50.1 Å². The number of phenols is 1. The van der Waals surface area contributed by atoms with E-state index in [9.17, 15) is 9.90 Å². The molecule has 1 aliphatic carbocycles. The number of nitrogens with zero attached hydrogens (tertiary/aromatic N) is 6. The lowest BCUT2D eigenvalue weighted by Gasteiger charge is -2.43. The van der Waals surface area contributed by atoms with Gasteiger partial charge in [-0.25, -0.2) is 4.79 Å². The molecular formula is C35H49N7O4. The quantitative estimate of drug-likeness (QED) is 0.318. The van der Waals surface area contributed by atoms with Crippen molar-refractivity contribution in [1.82, 2.24) is 29.8 Å². The van der Waals surface area contributed by atoms with Gasteiger partial charge in [0.1, 0.15) is 11.4 Å². The molecule has 1 atom stereocenters. The Kier molecular flexibility index (Phi) is 9.52. The van der Waals surface area contributed by atoms with Crippen molar-refractivity contribution in [2.24, 2.45) is 11.8 Å². The van der Waals surface area contributed by atoms with Crippen LogP contribution in [0.1, 0.15) is 72.3 Å². The number of hydrogen-bond acceptors (Lipinski definition) is 9. The Bertz CT molecular complexity index is 1480. The first-order valence-electron chi connectivity index (χ1n) is 16.8.